The highest BCUT2D eigenvalue weighted by Gasteiger charge is 2.14. The first-order valence-corrected chi connectivity index (χ1v) is 8.58. The van der Waals surface area contributed by atoms with E-state index in [-0.39, 0.29) is 5.56 Å². The third-order valence-corrected chi connectivity index (χ3v) is 4.88. The van der Waals surface area contributed by atoms with Crippen LogP contribution < -0.4 is 14.8 Å². The van der Waals surface area contributed by atoms with Crippen molar-refractivity contribution < 1.29 is 4.74 Å². The number of methoxy groups -OCH3 is 1. The highest BCUT2D eigenvalue weighted by atomic mass is 32.1. The molecule has 0 fully saturated rings. The second-order valence-corrected chi connectivity index (χ2v) is 6.71. The highest BCUT2D eigenvalue weighted by Crippen LogP contribution is 2.19. The van der Waals surface area contributed by atoms with Crippen LogP contribution in [0.5, 0.6) is 5.75 Å². The Kier molecular flexibility index (Phi) is 3.82. The van der Waals surface area contributed by atoms with Crippen LogP contribution in [0.3, 0.4) is 0 Å². The predicted octanol–water partition coefficient (Wildman–Crippen LogP) is 2.68. The van der Waals surface area contributed by atoms with Crippen LogP contribution in [0.1, 0.15) is 11.1 Å². The third-order valence-electron chi connectivity index (χ3n) is 3.92. The van der Waals surface area contributed by atoms with Gasteiger partial charge in [-0.25, -0.2) is 4.40 Å². The molecule has 2 aromatic heterocycles. The molecule has 0 radical (unpaired) electrons. The normalized spacial score (nSPS) is 12.0. The van der Waals surface area contributed by atoms with Crippen molar-refractivity contribution >= 4 is 22.4 Å². The number of aryl methyl sites for hydroxylation is 1. The highest BCUT2D eigenvalue weighted by molar-refractivity contribution is 7.15. The van der Waals surface area contributed by atoms with Crippen molar-refractivity contribution in [3.8, 4) is 17.1 Å². The smallest absolute Gasteiger partial charge is 0.276 e. The lowest BCUT2D eigenvalue weighted by Gasteiger charge is -1.99. The lowest BCUT2D eigenvalue weighted by Crippen LogP contribution is -2.23. The molecular formula is C19H15N3O2S. The van der Waals surface area contributed by atoms with Gasteiger partial charge in [0.15, 0.2) is 5.82 Å². The maximum absolute atomic E-state index is 12.9. The Bertz CT molecular complexity index is 1180. The molecular weight excluding hydrogens is 334 g/mol. The molecule has 5 nitrogen and oxygen atoms in total. The van der Waals surface area contributed by atoms with Crippen LogP contribution in [0.25, 0.3) is 22.4 Å². The molecule has 0 aliphatic heterocycles. The SMILES string of the molecule is COc1cccc(/C=c2\sc3nnc(-c4cccc(C)c4)n3c2=O)c1. The maximum atomic E-state index is 12.9. The summed E-state index contributed by atoms with van der Waals surface area (Å²) in [4.78, 5) is 13.5. The standard InChI is InChI=1S/C19H15N3O2S/c1-12-5-3-7-14(9-12)17-20-21-19-22(17)18(23)16(25-19)11-13-6-4-8-15(10-13)24-2/h3-11H,1-2H3/b16-11-. The minimum Gasteiger partial charge on any atom is -0.497 e. The van der Waals surface area contributed by atoms with Crippen LogP contribution in [-0.4, -0.2) is 21.7 Å². The average molecular weight is 349 g/mol. The fourth-order valence-corrected chi connectivity index (χ4v) is 3.63. The molecule has 0 bridgehead atoms. The van der Waals surface area contributed by atoms with Crippen molar-refractivity contribution in [1.29, 1.82) is 0 Å². The van der Waals surface area contributed by atoms with Crippen molar-refractivity contribution in [3.05, 3.63) is 74.5 Å². The lowest BCUT2D eigenvalue weighted by molar-refractivity contribution is 0.414. The Morgan fingerprint density at radius 2 is 1.96 bits per heavy atom. The minimum absolute atomic E-state index is 0.107. The predicted molar refractivity (Wildman–Crippen MR) is 99.1 cm³/mol. The number of hydrogen-bond acceptors (Lipinski definition) is 5. The number of fused-ring (bicyclic) bond motifs is 1. The van der Waals surface area contributed by atoms with Crippen LogP contribution in [-0.2, 0) is 0 Å². The van der Waals surface area contributed by atoms with Gasteiger partial charge in [0.25, 0.3) is 5.56 Å². The van der Waals surface area contributed by atoms with E-state index in [0.29, 0.717) is 15.3 Å². The van der Waals surface area contributed by atoms with Crippen molar-refractivity contribution in [2.24, 2.45) is 0 Å². The van der Waals surface area contributed by atoms with Gasteiger partial charge in [-0.2, -0.15) is 0 Å². The van der Waals surface area contributed by atoms with Gasteiger partial charge < -0.3 is 4.74 Å². The van der Waals surface area contributed by atoms with Gasteiger partial charge in [-0.3, -0.25) is 4.79 Å². The largest absolute Gasteiger partial charge is 0.497 e. The molecule has 0 aliphatic rings. The van der Waals surface area contributed by atoms with Crippen LogP contribution in [0.2, 0.25) is 0 Å². The van der Waals surface area contributed by atoms with Crippen molar-refractivity contribution in [3.63, 3.8) is 0 Å². The van der Waals surface area contributed by atoms with E-state index in [1.165, 1.54) is 11.3 Å². The molecule has 0 spiro atoms. The number of nitrogens with zero attached hydrogens (tertiary/aromatic N) is 3. The van der Waals surface area contributed by atoms with E-state index in [1.807, 2.05) is 61.5 Å². The molecule has 4 rings (SSSR count). The van der Waals surface area contributed by atoms with Gasteiger partial charge in [0.2, 0.25) is 4.96 Å². The molecule has 124 valence electrons. The van der Waals surface area contributed by atoms with E-state index >= 15 is 0 Å². The third kappa shape index (κ3) is 2.81. The summed E-state index contributed by atoms with van der Waals surface area (Å²) in [6.45, 7) is 2.01. The van der Waals surface area contributed by atoms with Gasteiger partial charge in [0, 0.05) is 5.56 Å². The number of ether oxygens (including phenoxy) is 1. The van der Waals surface area contributed by atoms with E-state index in [0.717, 1.165) is 22.4 Å². The van der Waals surface area contributed by atoms with Crippen LogP contribution in [0.15, 0.2) is 53.3 Å². The molecule has 0 saturated carbocycles. The number of hydrogen-bond donors (Lipinski definition) is 0. The van der Waals surface area contributed by atoms with Gasteiger partial charge in [-0.1, -0.05) is 47.2 Å². The first-order valence-electron chi connectivity index (χ1n) is 7.76. The van der Waals surface area contributed by atoms with E-state index in [4.69, 9.17) is 4.74 Å². The molecule has 0 N–H and O–H groups in total. The van der Waals surface area contributed by atoms with Gasteiger partial charge in [-0.05, 0) is 36.8 Å². The number of rotatable bonds is 3. The fourth-order valence-electron chi connectivity index (χ4n) is 2.72. The first kappa shape index (κ1) is 15.5. The minimum atomic E-state index is -0.107. The molecule has 0 amide bonds. The second-order valence-electron chi connectivity index (χ2n) is 5.70. The molecule has 2 aromatic carbocycles. The van der Waals surface area contributed by atoms with E-state index in [1.54, 1.807) is 11.5 Å². The number of thiazole rings is 1. The van der Waals surface area contributed by atoms with E-state index in [2.05, 4.69) is 10.2 Å². The Hall–Kier alpha value is -2.99. The van der Waals surface area contributed by atoms with Gasteiger partial charge in [0.05, 0.1) is 11.6 Å². The monoisotopic (exact) mass is 349 g/mol. The summed E-state index contributed by atoms with van der Waals surface area (Å²) in [5, 5.41) is 8.36. The topological polar surface area (TPSA) is 56.5 Å². The van der Waals surface area contributed by atoms with Crippen molar-refractivity contribution in [2.45, 2.75) is 6.92 Å². The van der Waals surface area contributed by atoms with Crippen LogP contribution in [0, 0.1) is 6.92 Å². The van der Waals surface area contributed by atoms with Crippen molar-refractivity contribution in [1.82, 2.24) is 14.6 Å². The van der Waals surface area contributed by atoms with Gasteiger partial charge in [0.1, 0.15) is 5.75 Å². The zero-order chi connectivity index (χ0) is 17.4. The summed E-state index contributed by atoms with van der Waals surface area (Å²) in [5.41, 5.74) is 2.80. The van der Waals surface area contributed by atoms with E-state index < -0.39 is 0 Å². The van der Waals surface area contributed by atoms with Crippen LogP contribution in [0.4, 0.5) is 0 Å². The lowest BCUT2D eigenvalue weighted by atomic mass is 10.1. The maximum Gasteiger partial charge on any atom is 0.276 e. The number of aromatic nitrogens is 3. The van der Waals surface area contributed by atoms with Gasteiger partial charge in [-0.15, -0.1) is 10.2 Å². The summed E-state index contributed by atoms with van der Waals surface area (Å²) < 4.78 is 7.43. The summed E-state index contributed by atoms with van der Waals surface area (Å²) >= 11 is 1.33. The first-order chi connectivity index (χ1) is 12.2. The Labute approximate surface area is 147 Å². The average Bonchev–Trinajstić information content (AvgIpc) is 3.16. The summed E-state index contributed by atoms with van der Waals surface area (Å²) in [6.07, 6.45) is 1.85. The summed E-state index contributed by atoms with van der Waals surface area (Å²) in [5.74, 6) is 1.33. The van der Waals surface area contributed by atoms with E-state index in [9.17, 15) is 4.79 Å². The van der Waals surface area contributed by atoms with Gasteiger partial charge >= 0.3 is 0 Å². The number of benzene rings is 2. The molecule has 6 heteroatoms. The van der Waals surface area contributed by atoms with Crippen molar-refractivity contribution in [2.75, 3.05) is 7.11 Å². The Morgan fingerprint density at radius 3 is 2.76 bits per heavy atom. The Balaban J connectivity index is 1.89. The molecule has 2 heterocycles. The molecule has 0 atom stereocenters. The second kappa shape index (κ2) is 6.14. The Morgan fingerprint density at radius 1 is 1.12 bits per heavy atom. The fraction of sp³-hybridized carbons (Fsp3) is 0.105. The quantitative estimate of drug-likeness (QED) is 0.571. The van der Waals surface area contributed by atoms with Crippen LogP contribution >= 0.6 is 11.3 Å². The molecule has 4 aromatic rings. The molecule has 0 saturated heterocycles. The summed E-state index contributed by atoms with van der Waals surface area (Å²) in [6, 6.07) is 15.5. The zero-order valence-electron chi connectivity index (χ0n) is 13.8. The molecule has 25 heavy (non-hydrogen) atoms. The zero-order valence-corrected chi connectivity index (χ0v) is 14.6. The molecule has 0 aliphatic carbocycles. The molecule has 0 unspecified atom stereocenters. The summed E-state index contributed by atoms with van der Waals surface area (Å²) in [7, 11) is 1.62.